The predicted molar refractivity (Wildman–Crippen MR) is 122 cm³/mol. The minimum Gasteiger partial charge on any atom is -0.478 e. The first kappa shape index (κ1) is 20.3. The largest absolute Gasteiger partial charge is 0.478 e. The number of carboxylic acid groups (broad SMARTS) is 1. The van der Waals surface area contributed by atoms with Gasteiger partial charge in [-0.1, -0.05) is 12.1 Å². The molecule has 0 aliphatic carbocycles. The van der Waals surface area contributed by atoms with Crippen LogP contribution in [0, 0.1) is 5.41 Å². The van der Waals surface area contributed by atoms with Crippen LogP contribution in [0.1, 0.15) is 35.4 Å². The minimum absolute atomic E-state index is 0.0506. The molecule has 1 saturated heterocycles. The Hall–Kier alpha value is -3.66. The highest BCUT2D eigenvalue weighted by molar-refractivity contribution is 8.26. The molecule has 0 radical (unpaired) electrons. The molecule has 2 aromatic rings. The fourth-order valence-electron chi connectivity index (χ4n) is 3.73. The Labute approximate surface area is 187 Å². The molecule has 10 heteroatoms. The Bertz CT molecular complexity index is 1220. The van der Waals surface area contributed by atoms with E-state index in [0.29, 0.717) is 22.3 Å². The summed E-state index contributed by atoms with van der Waals surface area (Å²) in [5.41, 5.74) is 0.837. The van der Waals surface area contributed by atoms with E-state index in [0.717, 1.165) is 31.1 Å². The van der Waals surface area contributed by atoms with Crippen LogP contribution in [0.5, 0.6) is 0 Å². The van der Waals surface area contributed by atoms with Crippen molar-refractivity contribution in [3.63, 3.8) is 0 Å². The van der Waals surface area contributed by atoms with Crippen molar-refractivity contribution >= 4 is 45.9 Å². The Morgan fingerprint density at radius 2 is 1.97 bits per heavy atom. The number of carbonyl (C=O) groups is 2. The smallest absolute Gasteiger partial charge is 0.335 e. The van der Waals surface area contributed by atoms with Crippen LogP contribution < -0.4 is 0 Å². The van der Waals surface area contributed by atoms with E-state index in [9.17, 15) is 14.7 Å². The SMILES string of the molecule is N=C1/C(=C/c2ccc(-c3cccc(C(=O)O)c3)o2)C(=O)N=C2SC(N3CCCCC3)=NN12. The van der Waals surface area contributed by atoms with Crippen LogP contribution in [0.2, 0.25) is 0 Å². The molecule has 0 unspecified atom stereocenters. The highest BCUT2D eigenvalue weighted by atomic mass is 32.2. The molecule has 3 aliphatic heterocycles. The van der Waals surface area contributed by atoms with Crippen molar-refractivity contribution in [2.24, 2.45) is 10.1 Å². The van der Waals surface area contributed by atoms with E-state index in [4.69, 9.17) is 9.83 Å². The number of likely N-dealkylation sites (tertiary alicyclic amines) is 1. The molecule has 1 aromatic heterocycles. The third-order valence-electron chi connectivity index (χ3n) is 5.38. The average molecular weight is 449 g/mol. The first-order valence-corrected chi connectivity index (χ1v) is 11.0. The molecule has 0 saturated carbocycles. The molecule has 3 aliphatic rings. The van der Waals surface area contributed by atoms with Gasteiger partial charge in [-0.25, -0.2) is 4.79 Å². The van der Waals surface area contributed by atoms with Gasteiger partial charge in [0.1, 0.15) is 11.5 Å². The number of amides is 1. The van der Waals surface area contributed by atoms with Crippen LogP contribution in [0.3, 0.4) is 0 Å². The van der Waals surface area contributed by atoms with Crippen LogP contribution in [0.4, 0.5) is 0 Å². The van der Waals surface area contributed by atoms with Gasteiger partial charge in [0.2, 0.25) is 5.17 Å². The molecule has 0 atom stereocenters. The number of furan rings is 1. The van der Waals surface area contributed by atoms with Gasteiger partial charge in [0.25, 0.3) is 5.91 Å². The maximum absolute atomic E-state index is 12.6. The van der Waals surface area contributed by atoms with Gasteiger partial charge in [0.15, 0.2) is 11.0 Å². The van der Waals surface area contributed by atoms with Crippen molar-refractivity contribution in [2.75, 3.05) is 13.1 Å². The highest BCUT2D eigenvalue weighted by Crippen LogP contribution is 2.31. The van der Waals surface area contributed by atoms with Gasteiger partial charge in [-0.3, -0.25) is 10.2 Å². The summed E-state index contributed by atoms with van der Waals surface area (Å²) >= 11 is 1.31. The lowest BCUT2D eigenvalue weighted by Gasteiger charge is -2.26. The van der Waals surface area contributed by atoms with Gasteiger partial charge in [-0.2, -0.15) is 10.0 Å². The number of nitrogens with one attached hydrogen (secondary N) is 1. The van der Waals surface area contributed by atoms with Crippen LogP contribution in [0.25, 0.3) is 17.4 Å². The van der Waals surface area contributed by atoms with Gasteiger partial charge in [0, 0.05) is 18.7 Å². The van der Waals surface area contributed by atoms with Crippen LogP contribution in [0.15, 0.2) is 56.5 Å². The lowest BCUT2D eigenvalue weighted by Crippen LogP contribution is -2.35. The highest BCUT2D eigenvalue weighted by Gasteiger charge is 2.37. The number of hydrazone groups is 1. The van der Waals surface area contributed by atoms with E-state index in [-0.39, 0.29) is 17.0 Å². The number of carboxylic acids is 1. The van der Waals surface area contributed by atoms with Crippen molar-refractivity contribution in [3.05, 3.63) is 53.3 Å². The molecule has 0 bridgehead atoms. The fraction of sp³-hybridized carbons (Fsp3) is 0.227. The fourth-order valence-corrected chi connectivity index (χ4v) is 4.67. The molecule has 0 spiro atoms. The van der Waals surface area contributed by atoms with Gasteiger partial charge in [0.05, 0.1) is 11.1 Å². The maximum atomic E-state index is 12.6. The zero-order valence-electron chi connectivity index (χ0n) is 16.9. The summed E-state index contributed by atoms with van der Waals surface area (Å²) in [5, 5.41) is 24.8. The van der Waals surface area contributed by atoms with E-state index in [1.165, 1.54) is 41.4 Å². The van der Waals surface area contributed by atoms with Crippen LogP contribution >= 0.6 is 11.8 Å². The quantitative estimate of drug-likeness (QED) is 0.685. The number of hydrogen-bond donors (Lipinski definition) is 2. The van der Waals surface area contributed by atoms with Crippen molar-refractivity contribution in [1.29, 1.82) is 5.41 Å². The molecular formula is C22H19N5O4S. The summed E-state index contributed by atoms with van der Waals surface area (Å²) in [7, 11) is 0. The number of rotatable bonds is 3. The first-order chi connectivity index (χ1) is 15.5. The molecular weight excluding hydrogens is 430 g/mol. The lowest BCUT2D eigenvalue weighted by molar-refractivity contribution is -0.114. The van der Waals surface area contributed by atoms with E-state index in [1.807, 2.05) is 0 Å². The molecule has 162 valence electrons. The third kappa shape index (κ3) is 3.73. The van der Waals surface area contributed by atoms with Crippen molar-refractivity contribution < 1.29 is 19.1 Å². The number of benzene rings is 1. The Morgan fingerprint density at radius 1 is 1.16 bits per heavy atom. The monoisotopic (exact) mass is 449 g/mol. The molecule has 1 amide bonds. The number of hydrogen-bond acceptors (Lipinski definition) is 7. The summed E-state index contributed by atoms with van der Waals surface area (Å²) in [6.45, 7) is 1.82. The molecule has 9 nitrogen and oxygen atoms in total. The zero-order chi connectivity index (χ0) is 22.2. The number of fused-ring (bicyclic) bond motifs is 1. The van der Waals surface area contributed by atoms with Crippen molar-refractivity contribution in [2.45, 2.75) is 19.3 Å². The predicted octanol–water partition coefficient (Wildman–Crippen LogP) is 3.71. The van der Waals surface area contributed by atoms with Gasteiger partial charge in [-0.15, -0.1) is 5.10 Å². The number of nitrogens with zero attached hydrogens (tertiary/aromatic N) is 4. The van der Waals surface area contributed by atoms with Crippen LogP contribution in [-0.4, -0.2) is 56.2 Å². The van der Waals surface area contributed by atoms with E-state index in [2.05, 4.69) is 15.0 Å². The second-order valence-electron chi connectivity index (χ2n) is 7.54. The molecule has 32 heavy (non-hydrogen) atoms. The average Bonchev–Trinajstić information content (AvgIpc) is 3.45. The number of aromatic carboxylic acids is 1. The number of amidine groups is 3. The summed E-state index contributed by atoms with van der Waals surface area (Å²) in [6, 6.07) is 9.75. The Morgan fingerprint density at radius 3 is 2.75 bits per heavy atom. The summed E-state index contributed by atoms with van der Waals surface area (Å²) < 4.78 is 5.80. The standard InChI is InChI=1S/C22H19N5O4S/c23-18-16(12-15-7-8-17(31-15)13-5-4-6-14(11-13)20(29)30)19(28)24-21-27(18)25-22(32-21)26-9-2-1-3-10-26/h4-8,11-12,23H,1-3,9-10H2,(H,29,30)/b16-12-,23-18?. The van der Waals surface area contributed by atoms with Gasteiger partial charge in [-0.05, 0) is 61.4 Å². The number of aliphatic imine (C=N–C) groups is 1. The minimum atomic E-state index is -1.02. The molecule has 1 fully saturated rings. The zero-order valence-corrected chi connectivity index (χ0v) is 17.8. The molecule has 1 aromatic carbocycles. The van der Waals surface area contributed by atoms with Crippen molar-refractivity contribution in [3.8, 4) is 11.3 Å². The Balaban J connectivity index is 1.40. The molecule has 5 rings (SSSR count). The second-order valence-corrected chi connectivity index (χ2v) is 8.47. The summed E-state index contributed by atoms with van der Waals surface area (Å²) in [5.74, 6) is -0.774. The third-order valence-corrected chi connectivity index (χ3v) is 6.35. The normalized spacial score (nSPS) is 19.8. The summed E-state index contributed by atoms with van der Waals surface area (Å²) in [6.07, 6.45) is 4.87. The molecule has 4 heterocycles. The van der Waals surface area contributed by atoms with E-state index in [1.54, 1.807) is 24.3 Å². The first-order valence-electron chi connectivity index (χ1n) is 10.2. The van der Waals surface area contributed by atoms with E-state index < -0.39 is 11.9 Å². The lowest BCUT2D eigenvalue weighted by atomic mass is 10.1. The van der Waals surface area contributed by atoms with Gasteiger partial charge >= 0.3 is 5.97 Å². The van der Waals surface area contributed by atoms with Gasteiger partial charge < -0.3 is 14.4 Å². The summed E-state index contributed by atoms with van der Waals surface area (Å²) in [4.78, 5) is 30.1. The topological polar surface area (TPSA) is 123 Å². The van der Waals surface area contributed by atoms with Crippen molar-refractivity contribution in [1.82, 2.24) is 9.91 Å². The van der Waals surface area contributed by atoms with Crippen LogP contribution in [-0.2, 0) is 4.79 Å². The number of thioether (sulfide) groups is 1. The number of carbonyl (C=O) groups excluding carboxylic acids is 1. The number of piperidine rings is 1. The molecule has 2 N–H and O–H groups in total. The second kappa shape index (κ2) is 8.12. The maximum Gasteiger partial charge on any atom is 0.335 e. The van der Waals surface area contributed by atoms with E-state index >= 15 is 0 Å². The Kier molecular flexibility index (Phi) is 5.14.